The number of carbonyl (C=O) groups excluding carboxylic acids is 3. The maximum absolute atomic E-state index is 13.1. The number of benzene rings is 3. The fourth-order valence-electron chi connectivity index (χ4n) is 2.93. The van der Waals surface area contributed by atoms with E-state index in [0.29, 0.717) is 0 Å². The lowest BCUT2D eigenvalue weighted by molar-refractivity contribution is -0.114. The molecule has 0 bridgehead atoms. The minimum atomic E-state index is -3.92. The lowest BCUT2D eigenvalue weighted by Gasteiger charge is -2.13. The van der Waals surface area contributed by atoms with Gasteiger partial charge in [-0.3, -0.25) is 20.2 Å². The van der Waals surface area contributed by atoms with Crippen LogP contribution in [0, 0.1) is 0 Å². The molecule has 3 rings (SSSR count). The Morgan fingerprint density at radius 2 is 1.46 bits per heavy atom. The van der Waals surface area contributed by atoms with Crippen molar-refractivity contribution in [1.29, 1.82) is 0 Å². The predicted octanol–water partition coefficient (Wildman–Crippen LogP) is 3.25. The van der Waals surface area contributed by atoms with Crippen LogP contribution in [0.1, 0.15) is 17.3 Å². The molecule has 0 aliphatic heterocycles. The molecule has 3 amide bonds. The first-order chi connectivity index (χ1) is 16.7. The average Bonchev–Trinajstić information content (AvgIpc) is 2.85. The monoisotopic (exact) mass is 494 g/mol. The number of nitrogens with zero attached hydrogens (tertiary/aromatic N) is 1. The van der Waals surface area contributed by atoms with Crippen LogP contribution in [-0.4, -0.2) is 39.4 Å². The van der Waals surface area contributed by atoms with E-state index in [1.807, 2.05) is 0 Å². The molecule has 10 nitrogen and oxygen atoms in total. The highest BCUT2D eigenvalue weighted by atomic mass is 32.2. The number of hydrogen-bond acceptors (Lipinski definition) is 7. The standard InChI is InChI=1S/C24H22N4O6S/c1-16(29)25-20-14-13-19(35(32,33)18-11-7-4-8-12-18)15-21(20)26-23(28-24(31)34-2)27-22(30)17-9-5-3-6-10-17/h3-15H,1-2H3,(H,25,29)(H2,26,27,28,30,31). The molecule has 0 heterocycles. The molecule has 0 aliphatic rings. The van der Waals surface area contributed by atoms with Gasteiger partial charge in [0.2, 0.25) is 21.7 Å². The van der Waals surface area contributed by atoms with E-state index >= 15 is 0 Å². The zero-order chi connectivity index (χ0) is 25.4. The van der Waals surface area contributed by atoms with Crippen molar-refractivity contribution in [3.8, 4) is 0 Å². The number of anilines is 1. The maximum Gasteiger partial charge on any atom is 0.413 e. The first-order valence-electron chi connectivity index (χ1n) is 10.2. The van der Waals surface area contributed by atoms with Crippen LogP contribution in [0.15, 0.2) is 93.6 Å². The van der Waals surface area contributed by atoms with Gasteiger partial charge in [-0.15, -0.1) is 0 Å². The molecule has 11 heteroatoms. The van der Waals surface area contributed by atoms with Crippen LogP contribution in [0.25, 0.3) is 0 Å². The highest BCUT2D eigenvalue weighted by molar-refractivity contribution is 7.91. The van der Waals surface area contributed by atoms with Crippen molar-refractivity contribution in [3.63, 3.8) is 0 Å². The van der Waals surface area contributed by atoms with E-state index in [2.05, 4.69) is 25.7 Å². The van der Waals surface area contributed by atoms with E-state index in [1.165, 1.54) is 37.3 Å². The molecule has 3 N–H and O–H groups in total. The first-order valence-corrected chi connectivity index (χ1v) is 11.7. The number of alkyl carbamates (subject to hydrolysis) is 1. The second kappa shape index (κ2) is 11.1. The van der Waals surface area contributed by atoms with Gasteiger partial charge in [-0.25, -0.2) is 18.2 Å². The lowest BCUT2D eigenvalue weighted by atomic mass is 10.2. The fraction of sp³-hybridized carbons (Fsp3) is 0.0833. The largest absolute Gasteiger partial charge is 0.453 e. The number of ether oxygens (including phenoxy) is 1. The molecule has 0 unspecified atom stereocenters. The van der Waals surface area contributed by atoms with Crippen LogP contribution in [0.4, 0.5) is 16.2 Å². The number of amides is 3. The smallest absolute Gasteiger partial charge is 0.413 e. The van der Waals surface area contributed by atoms with Crippen LogP contribution in [-0.2, 0) is 19.4 Å². The molecule has 3 aromatic rings. The van der Waals surface area contributed by atoms with Crippen molar-refractivity contribution < 1.29 is 27.5 Å². The summed E-state index contributed by atoms with van der Waals surface area (Å²) in [5.41, 5.74) is 0.411. The van der Waals surface area contributed by atoms with Gasteiger partial charge in [-0.05, 0) is 42.5 Å². The Morgan fingerprint density at radius 3 is 2.06 bits per heavy atom. The fourth-order valence-corrected chi connectivity index (χ4v) is 4.23. The van der Waals surface area contributed by atoms with Gasteiger partial charge in [-0.1, -0.05) is 36.4 Å². The summed E-state index contributed by atoms with van der Waals surface area (Å²) in [5, 5.41) is 7.29. The SMILES string of the molecule is COC(=O)NC(=Nc1cc(S(=O)(=O)c2ccccc2)ccc1NC(C)=O)NC(=O)c1ccccc1. The van der Waals surface area contributed by atoms with Crippen molar-refractivity contribution in [3.05, 3.63) is 84.4 Å². The molecule has 0 aromatic heterocycles. The summed E-state index contributed by atoms with van der Waals surface area (Å²) < 4.78 is 30.8. The Kier molecular flexibility index (Phi) is 7.95. The predicted molar refractivity (Wildman–Crippen MR) is 129 cm³/mol. The average molecular weight is 495 g/mol. The first kappa shape index (κ1) is 25.1. The highest BCUT2D eigenvalue weighted by Gasteiger charge is 2.20. The number of hydrogen-bond donors (Lipinski definition) is 3. The highest BCUT2D eigenvalue weighted by Crippen LogP contribution is 2.31. The van der Waals surface area contributed by atoms with Gasteiger partial charge in [0.15, 0.2) is 0 Å². The molecule has 0 radical (unpaired) electrons. The maximum atomic E-state index is 13.1. The Morgan fingerprint density at radius 1 is 0.829 bits per heavy atom. The van der Waals surface area contributed by atoms with E-state index in [1.54, 1.807) is 48.5 Å². The van der Waals surface area contributed by atoms with Crippen LogP contribution >= 0.6 is 0 Å². The molecule has 0 fully saturated rings. The van der Waals surface area contributed by atoms with Crippen LogP contribution in [0.5, 0.6) is 0 Å². The van der Waals surface area contributed by atoms with Crippen LogP contribution in [0.3, 0.4) is 0 Å². The number of guanidine groups is 1. The molecule has 180 valence electrons. The van der Waals surface area contributed by atoms with Crippen LogP contribution in [0.2, 0.25) is 0 Å². The molecule has 35 heavy (non-hydrogen) atoms. The number of nitrogens with one attached hydrogen (secondary N) is 3. The third kappa shape index (κ3) is 6.51. The van der Waals surface area contributed by atoms with Gasteiger partial charge in [0.25, 0.3) is 5.91 Å². The molecular formula is C24H22N4O6S. The number of methoxy groups -OCH3 is 1. The number of rotatable bonds is 5. The summed E-state index contributed by atoms with van der Waals surface area (Å²) in [6, 6.07) is 19.8. The minimum Gasteiger partial charge on any atom is -0.453 e. The van der Waals surface area contributed by atoms with Gasteiger partial charge in [0.1, 0.15) is 0 Å². The Hall–Kier alpha value is -4.51. The summed E-state index contributed by atoms with van der Waals surface area (Å²) >= 11 is 0. The summed E-state index contributed by atoms with van der Waals surface area (Å²) in [7, 11) is -2.79. The summed E-state index contributed by atoms with van der Waals surface area (Å²) in [6.45, 7) is 1.27. The lowest BCUT2D eigenvalue weighted by Crippen LogP contribution is -2.43. The molecule has 0 spiro atoms. The molecule has 0 saturated heterocycles. The summed E-state index contributed by atoms with van der Waals surface area (Å²) in [6.07, 6.45) is -0.925. The number of aliphatic imine (C=N–C) groups is 1. The van der Waals surface area contributed by atoms with E-state index in [0.717, 1.165) is 7.11 Å². The van der Waals surface area contributed by atoms with Crippen molar-refractivity contribution in [2.24, 2.45) is 4.99 Å². The minimum absolute atomic E-state index is 0.0306. The van der Waals surface area contributed by atoms with Crippen molar-refractivity contribution >= 4 is 45.1 Å². The number of carbonyl (C=O) groups is 3. The van der Waals surface area contributed by atoms with Gasteiger partial charge in [-0.2, -0.15) is 0 Å². The normalized spacial score (nSPS) is 11.3. The van der Waals surface area contributed by atoms with Gasteiger partial charge in [0, 0.05) is 12.5 Å². The van der Waals surface area contributed by atoms with Crippen molar-refractivity contribution in [2.45, 2.75) is 16.7 Å². The van der Waals surface area contributed by atoms with Gasteiger partial charge < -0.3 is 10.1 Å². The molecule has 0 atom stereocenters. The molecular weight excluding hydrogens is 472 g/mol. The summed E-state index contributed by atoms with van der Waals surface area (Å²) in [5.74, 6) is -1.36. The van der Waals surface area contributed by atoms with Gasteiger partial charge >= 0.3 is 6.09 Å². The third-order valence-corrected chi connectivity index (χ3v) is 6.32. The third-order valence-electron chi connectivity index (χ3n) is 4.55. The second-order valence-corrected chi connectivity index (χ2v) is 9.02. The zero-order valence-electron chi connectivity index (χ0n) is 18.8. The second-order valence-electron chi connectivity index (χ2n) is 7.07. The Bertz CT molecular complexity index is 1370. The molecule has 0 aliphatic carbocycles. The van der Waals surface area contributed by atoms with E-state index in [9.17, 15) is 22.8 Å². The topological polar surface area (TPSA) is 143 Å². The zero-order valence-corrected chi connectivity index (χ0v) is 19.6. The Labute approximate surface area is 202 Å². The van der Waals surface area contributed by atoms with Crippen LogP contribution < -0.4 is 16.0 Å². The Balaban J connectivity index is 2.09. The van der Waals surface area contributed by atoms with E-state index in [4.69, 9.17) is 0 Å². The number of sulfone groups is 1. The molecule has 0 saturated carbocycles. The van der Waals surface area contributed by atoms with Gasteiger partial charge in [0.05, 0.1) is 28.3 Å². The van der Waals surface area contributed by atoms with Crippen molar-refractivity contribution in [1.82, 2.24) is 10.6 Å². The quantitative estimate of drug-likeness (QED) is 0.367. The molecule has 3 aromatic carbocycles. The van der Waals surface area contributed by atoms with E-state index < -0.39 is 27.7 Å². The van der Waals surface area contributed by atoms with E-state index in [-0.39, 0.29) is 32.7 Å². The summed E-state index contributed by atoms with van der Waals surface area (Å²) in [4.78, 5) is 40.4. The van der Waals surface area contributed by atoms with Crippen molar-refractivity contribution in [2.75, 3.05) is 12.4 Å².